The van der Waals surface area contributed by atoms with E-state index in [0.717, 1.165) is 24.2 Å². The van der Waals surface area contributed by atoms with Gasteiger partial charge in [0.25, 0.3) is 0 Å². The van der Waals surface area contributed by atoms with E-state index in [2.05, 4.69) is 39.9 Å². The average molecular weight is 388 g/mol. The van der Waals surface area contributed by atoms with Crippen LogP contribution in [0.5, 0.6) is 0 Å². The van der Waals surface area contributed by atoms with Crippen LogP contribution in [0.25, 0.3) is 11.1 Å². The zero-order valence-corrected chi connectivity index (χ0v) is 15.8. The van der Waals surface area contributed by atoms with Crippen LogP contribution >= 0.6 is 0 Å². The maximum absolute atomic E-state index is 13.9. The Balaban J connectivity index is 1.33. The van der Waals surface area contributed by atoms with Crippen molar-refractivity contribution in [1.82, 2.24) is 15.2 Å². The zero-order chi connectivity index (χ0) is 19.8. The number of hydrogen-bond donors (Lipinski definition) is 2. The summed E-state index contributed by atoms with van der Waals surface area (Å²) in [5.74, 6) is -0.141. The number of aromatic nitrogens is 1. The molecular weight excluding hydrogens is 367 g/mol. The van der Waals surface area contributed by atoms with Crippen LogP contribution in [-0.2, 0) is 0 Å². The van der Waals surface area contributed by atoms with Gasteiger partial charge >= 0.3 is 6.03 Å². The molecule has 29 heavy (non-hydrogen) atoms. The number of amides is 2. The number of piperazine rings is 1. The first-order valence-corrected chi connectivity index (χ1v) is 9.77. The first kappa shape index (κ1) is 17.8. The Kier molecular flexibility index (Phi) is 4.48. The number of carbonyl (C=O) groups excluding carboxylic acids is 1. The maximum Gasteiger partial charge on any atom is 0.322 e. The molecule has 0 saturated carbocycles. The minimum Gasteiger partial charge on any atom is -0.315 e. The van der Waals surface area contributed by atoms with Crippen molar-refractivity contribution in [3.63, 3.8) is 0 Å². The Morgan fingerprint density at radius 1 is 1.00 bits per heavy atom. The second-order valence-corrected chi connectivity index (χ2v) is 7.50. The van der Waals surface area contributed by atoms with Crippen molar-refractivity contribution in [3.8, 4) is 11.1 Å². The lowest BCUT2D eigenvalue weighted by atomic mass is 9.72. The molecule has 3 aromatic rings. The minimum atomic E-state index is -0.424. The first-order valence-electron chi connectivity index (χ1n) is 9.77. The van der Waals surface area contributed by atoms with E-state index >= 15 is 0 Å². The molecule has 6 heteroatoms. The van der Waals surface area contributed by atoms with Gasteiger partial charge in [0.15, 0.2) is 0 Å². The highest BCUT2D eigenvalue weighted by Gasteiger charge is 2.53. The normalized spacial score (nSPS) is 22.7. The third-order valence-corrected chi connectivity index (χ3v) is 5.89. The molecule has 0 spiro atoms. The average Bonchev–Trinajstić information content (AvgIpc) is 2.77. The van der Waals surface area contributed by atoms with Crippen LogP contribution in [0.15, 0.2) is 73.1 Å². The molecule has 2 aromatic carbocycles. The Morgan fingerprint density at radius 2 is 1.76 bits per heavy atom. The van der Waals surface area contributed by atoms with Crippen LogP contribution in [0.3, 0.4) is 0 Å². The topological polar surface area (TPSA) is 57.3 Å². The fourth-order valence-electron chi connectivity index (χ4n) is 4.50. The summed E-state index contributed by atoms with van der Waals surface area (Å²) in [6.45, 7) is 1.46. The molecule has 1 aromatic heterocycles. The molecule has 2 aliphatic rings. The number of pyridine rings is 1. The number of anilines is 1. The number of nitrogens with zero attached hydrogens (tertiary/aromatic N) is 2. The highest BCUT2D eigenvalue weighted by molar-refractivity contribution is 5.91. The molecule has 146 valence electrons. The summed E-state index contributed by atoms with van der Waals surface area (Å²) < 4.78 is 13.9. The minimum absolute atomic E-state index is 0.0600. The molecule has 2 bridgehead atoms. The van der Waals surface area contributed by atoms with Gasteiger partial charge in [0.2, 0.25) is 0 Å². The van der Waals surface area contributed by atoms with E-state index in [4.69, 9.17) is 0 Å². The van der Waals surface area contributed by atoms with Gasteiger partial charge in [-0.15, -0.1) is 0 Å². The predicted molar refractivity (Wildman–Crippen MR) is 110 cm³/mol. The first-order chi connectivity index (χ1) is 14.2. The molecule has 0 aliphatic carbocycles. The van der Waals surface area contributed by atoms with Gasteiger partial charge in [-0.3, -0.25) is 4.98 Å². The van der Waals surface area contributed by atoms with Crippen LogP contribution in [0.4, 0.5) is 14.9 Å². The third-order valence-electron chi connectivity index (χ3n) is 5.89. The van der Waals surface area contributed by atoms with Gasteiger partial charge in [-0.25, -0.2) is 9.18 Å². The van der Waals surface area contributed by atoms with E-state index in [9.17, 15) is 9.18 Å². The lowest BCUT2D eigenvalue weighted by Crippen LogP contribution is -2.74. The van der Waals surface area contributed by atoms with Gasteiger partial charge < -0.3 is 15.5 Å². The van der Waals surface area contributed by atoms with Crippen molar-refractivity contribution in [3.05, 3.63) is 84.4 Å². The standard InChI is InChI=1S/C23H21FN4O/c24-18-5-1-2-6-19(18)27-23(29)28-20-13-26-14-21(28)22(20)16-9-7-15(8-10-16)17-4-3-11-25-12-17/h1-12,20-22,26H,13-14H2,(H,27,29)/t20-,21+,22?. The Bertz CT molecular complexity index is 1010. The summed E-state index contributed by atoms with van der Waals surface area (Å²) in [7, 11) is 0. The lowest BCUT2D eigenvalue weighted by Gasteiger charge is -2.59. The summed E-state index contributed by atoms with van der Waals surface area (Å²) in [5, 5.41) is 6.10. The fourth-order valence-corrected chi connectivity index (χ4v) is 4.50. The molecule has 0 radical (unpaired) electrons. The highest BCUT2D eigenvalue weighted by atomic mass is 19.1. The summed E-state index contributed by atoms with van der Waals surface area (Å²) >= 11 is 0. The van der Waals surface area contributed by atoms with E-state index in [1.54, 1.807) is 24.4 Å². The van der Waals surface area contributed by atoms with Gasteiger partial charge in [-0.1, -0.05) is 42.5 Å². The predicted octanol–water partition coefficient (Wildman–Crippen LogP) is 3.86. The monoisotopic (exact) mass is 388 g/mol. The SMILES string of the molecule is O=C(Nc1ccccc1F)N1[C@@H]2CNC[C@H]1C2c1ccc(-c2cccnc2)cc1. The van der Waals surface area contributed by atoms with E-state index in [1.807, 2.05) is 23.2 Å². The molecule has 2 N–H and O–H groups in total. The summed E-state index contributed by atoms with van der Waals surface area (Å²) in [6.07, 6.45) is 3.62. The molecule has 1 unspecified atom stereocenters. The van der Waals surface area contributed by atoms with Crippen LogP contribution in [0, 0.1) is 5.82 Å². The number of benzene rings is 2. The number of halogens is 1. The molecule has 5 rings (SSSR count). The summed E-state index contributed by atoms with van der Waals surface area (Å²) in [6, 6.07) is 18.6. The van der Waals surface area contributed by atoms with Gasteiger partial charge in [0.05, 0.1) is 17.8 Å². The maximum atomic E-state index is 13.9. The Hall–Kier alpha value is -3.25. The molecule has 2 fully saturated rings. The van der Waals surface area contributed by atoms with Crippen molar-refractivity contribution in [2.24, 2.45) is 0 Å². The summed E-state index contributed by atoms with van der Waals surface area (Å²) in [4.78, 5) is 18.8. The highest BCUT2D eigenvalue weighted by Crippen LogP contribution is 2.43. The second-order valence-electron chi connectivity index (χ2n) is 7.50. The van der Waals surface area contributed by atoms with Gasteiger partial charge in [-0.2, -0.15) is 0 Å². The van der Waals surface area contributed by atoms with Crippen LogP contribution in [0.2, 0.25) is 0 Å². The second kappa shape index (κ2) is 7.29. The molecule has 2 saturated heterocycles. The zero-order valence-electron chi connectivity index (χ0n) is 15.8. The fraction of sp³-hybridized carbons (Fsp3) is 0.217. The number of para-hydroxylation sites is 1. The molecule has 2 amide bonds. The summed E-state index contributed by atoms with van der Waals surface area (Å²) in [5.41, 5.74) is 3.65. The molecular formula is C23H21FN4O. The smallest absolute Gasteiger partial charge is 0.315 e. The lowest BCUT2D eigenvalue weighted by molar-refractivity contribution is 0.00199. The van der Waals surface area contributed by atoms with Crippen molar-refractivity contribution < 1.29 is 9.18 Å². The number of hydrogen-bond acceptors (Lipinski definition) is 3. The number of nitrogens with one attached hydrogen (secondary N) is 2. The van der Waals surface area contributed by atoms with E-state index in [0.29, 0.717) is 0 Å². The van der Waals surface area contributed by atoms with E-state index < -0.39 is 5.82 Å². The van der Waals surface area contributed by atoms with Crippen molar-refractivity contribution in [2.45, 2.75) is 18.0 Å². The Labute approximate surface area is 168 Å². The third kappa shape index (κ3) is 3.15. The number of carbonyl (C=O) groups is 1. The van der Waals surface area contributed by atoms with Crippen molar-refractivity contribution in [2.75, 3.05) is 18.4 Å². The molecule has 2 aliphatic heterocycles. The van der Waals surface area contributed by atoms with Crippen LogP contribution in [-0.4, -0.2) is 41.1 Å². The van der Waals surface area contributed by atoms with Crippen LogP contribution in [0.1, 0.15) is 11.5 Å². The number of fused-ring (bicyclic) bond motifs is 2. The largest absolute Gasteiger partial charge is 0.322 e. The number of rotatable bonds is 3. The Morgan fingerprint density at radius 3 is 2.45 bits per heavy atom. The van der Waals surface area contributed by atoms with E-state index in [1.165, 1.54) is 11.6 Å². The quantitative estimate of drug-likeness (QED) is 0.716. The van der Waals surface area contributed by atoms with Crippen molar-refractivity contribution in [1.29, 1.82) is 0 Å². The number of piperidine rings is 1. The molecule has 3 heterocycles. The molecule has 5 nitrogen and oxygen atoms in total. The van der Waals surface area contributed by atoms with Gasteiger partial charge in [0.1, 0.15) is 5.82 Å². The molecule has 3 atom stereocenters. The van der Waals surface area contributed by atoms with Gasteiger partial charge in [-0.05, 0) is 34.9 Å². The van der Waals surface area contributed by atoms with Crippen LogP contribution < -0.4 is 10.6 Å². The van der Waals surface area contributed by atoms with Crippen molar-refractivity contribution >= 4 is 11.7 Å². The van der Waals surface area contributed by atoms with Gasteiger partial charge in [0, 0.05) is 31.4 Å². The number of urea groups is 1. The van der Waals surface area contributed by atoms with E-state index in [-0.39, 0.29) is 29.7 Å².